The molecule has 0 unspecified atom stereocenters. The molecular formula is C6H9F3N2O. The fraction of sp³-hybridized carbons (Fsp3) is 0.333. The maximum atomic E-state index is 11.7. The van der Waals surface area contributed by atoms with E-state index in [2.05, 4.69) is 0 Å². The highest BCUT2D eigenvalue weighted by Gasteiger charge is 2.28. The van der Waals surface area contributed by atoms with Crippen LogP contribution in [-0.4, -0.2) is 11.3 Å². The monoisotopic (exact) mass is 182 g/mol. The van der Waals surface area contributed by atoms with E-state index in [9.17, 15) is 13.2 Å². The van der Waals surface area contributed by atoms with Crippen molar-refractivity contribution >= 4 is 0 Å². The molecule has 0 atom stereocenters. The van der Waals surface area contributed by atoms with E-state index in [0.717, 1.165) is 6.08 Å². The Hall–Kier alpha value is -1.33. The number of allylic oxidation sites excluding steroid dienone is 2. The van der Waals surface area contributed by atoms with Gasteiger partial charge in [0.25, 0.3) is 0 Å². The molecule has 0 fully saturated rings. The molecule has 0 aromatic carbocycles. The average Bonchev–Trinajstić information content (AvgIpc) is 1.84. The number of hydrogen-bond donors (Lipinski definition) is 3. The summed E-state index contributed by atoms with van der Waals surface area (Å²) in [7, 11) is 0. The van der Waals surface area contributed by atoms with Crippen LogP contribution in [0.3, 0.4) is 0 Å². The van der Waals surface area contributed by atoms with Crippen molar-refractivity contribution in [2.75, 3.05) is 0 Å². The molecule has 0 aliphatic heterocycles. The van der Waals surface area contributed by atoms with E-state index in [1.807, 2.05) is 0 Å². The van der Waals surface area contributed by atoms with Gasteiger partial charge >= 0.3 is 6.18 Å². The molecule has 0 aliphatic rings. The molecule has 0 rings (SSSR count). The molecule has 3 nitrogen and oxygen atoms in total. The fourth-order valence-corrected chi connectivity index (χ4v) is 0.505. The molecule has 6 heteroatoms. The quantitative estimate of drug-likeness (QED) is 0.443. The third-order valence-corrected chi connectivity index (χ3v) is 1.02. The summed E-state index contributed by atoms with van der Waals surface area (Å²) in [5.41, 5.74) is 9.22. The van der Waals surface area contributed by atoms with Crippen LogP contribution in [0.25, 0.3) is 0 Å². The van der Waals surface area contributed by atoms with Crippen LogP contribution in [0.4, 0.5) is 13.2 Å². The lowest BCUT2D eigenvalue weighted by atomic mass is 10.2. The molecule has 0 bridgehead atoms. The predicted octanol–water partition coefficient (Wildman–Crippen LogP) is 1.14. The van der Waals surface area contributed by atoms with Crippen molar-refractivity contribution in [2.24, 2.45) is 11.5 Å². The Morgan fingerprint density at radius 2 is 1.83 bits per heavy atom. The molecule has 70 valence electrons. The molecule has 0 heterocycles. The van der Waals surface area contributed by atoms with Crippen LogP contribution >= 0.6 is 0 Å². The largest absolute Gasteiger partial charge is 0.516 e. The van der Waals surface area contributed by atoms with Gasteiger partial charge < -0.3 is 16.6 Å². The lowest BCUT2D eigenvalue weighted by molar-refractivity contribution is -0.127. The number of rotatable bonds is 2. The summed E-state index contributed by atoms with van der Waals surface area (Å²) in [4.78, 5) is 0. The maximum Gasteiger partial charge on any atom is 0.394 e. The molecular weight excluding hydrogens is 173 g/mol. The summed E-state index contributed by atoms with van der Waals surface area (Å²) < 4.78 is 35.0. The Labute approximate surface area is 67.2 Å². The summed E-state index contributed by atoms with van der Waals surface area (Å²) in [6, 6.07) is 0. The van der Waals surface area contributed by atoms with Gasteiger partial charge in [0.2, 0.25) is 0 Å². The second-order valence-electron chi connectivity index (χ2n) is 2.09. The lowest BCUT2D eigenvalue weighted by Gasteiger charge is -2.07. The highest BCUT2D eigenvalue weighted by molar-refractivity contribution is 5.19. The van der Waals surface area contributed by atoms with E-state index >= 15 is 0 Å². The zero-order valence-corrected chi connectivity index (χ0v) is 6.10. The van der Waals surface area contributed by atoms with E-state index < -0.39 is 18.3 Å². The Kier molecular flexibility index (Phi) is 3.46. The second-order valence-corrected chi connectivity index (χ2v) is 2.09. The van der Waals surface area contributed by atoms with Crippen molar-refractivity contribution in [3.63, 3.8) is 0 Å². The molecule has 12 heavy (non-hydrogen) atoms. The van der Waals surface area contributed by atoms with Crippen LogP contribution < -0.4 is 11.5 Å². The van der Waals surface area contributed by atoms with E-state index in [-0.39, 0.29) is 5.70 Å². The zero-order chi connectivity index (χ0) is 9.78. The van der Waals surface area contributed by atoms with E-state index in [1.54, 1.807) is 0 Å². The first-order valence-electron chi connectivity index (χ1n) is 2.98. The number of aliphatic hydroxyl groups is 1. The number of hydrogen-bond acceptors (Lipinski definition) is 3. The summed E-state index contributed by atoms with van der Waals surface area (Å²) in [5.74, 6) is 0. The number of halogens is 3. The SMILES string of the molecule is NC(/C=C\O)=C(\N)CC(F)(F)F. The fourth-order valence-electron chi connectivity index (χ4n) is 0.505. The molecule has 0 aliphatic carbocycles. The first-order chi connectivity index (χ1) is 5.37. The highest BCUT2D eigenvalue weighted by Crippen LogP contribution is 2.22. The number of alkyl halides is 3. The van der Waals surface area contributed by atoms with Gasteiger partial charge in [0.05, 0.1) is 18.4 Å². The van der Waals surface area contributed by atoms with Crippen LogP contribution in [0.5, 0.6) is 0 Å². The topological polar surface area (TPSA) is 72.3 Å². The molecule has 0 saturated carbocycles. The van der Waals surface area contributed by atoms with Crippen LogP contribution in [0.2, 0.25) is 0 Å². The average molecular weight is 182 g/mol. The van der Waals surface area contributed by atoms with Gasteiger partial charge in [0.1, 0.15) is 0 Å². The normalized spacial score (nSPS) is 14.9. The molecule has 5 N–H and O–H groups in total. The summed E-state index contributed by atoms with van der Waals surface area (Å²) in [5, 5.41) is 8.15. The number of nitrogens with two attached hydrogens (primary N) is 2. The smallest absolute Gasteiger partial charge is 0.394 e. The minimum Gasteiger partial charge on any atom is -0.516 e. The zero-order valence-electron chi connectivity index (χ0n) is 6.10. The van der Waals surface area contributed by atoms with E-state index in [1.165, 1.54) is 0 Å². The Morgan fingerprint density at radius 3 is 2.17 bits per heavy atom. The van der Waals surface area contributed by atoms with Crippen LogP contribution in [-0.2, 0) is 0 Å². The van der Waals surface area contributed by atoms with Gasteiger partial charge in [-0.15, -0.1) is 0 Å². The Morgan fingerprint density at radius 1 is 1.33 bits per heavy atom. The van der Waals surface area contributed by atoms with Gasteiger partial charge in [-0.05, 0) is 6.08 Å². The first kappa shape index (κ1) is 10.7. The van der Waals surface area contributed by atoms with E-state index in [0.29, 0.717) is 6.26 Å². The Balaban J connectivity index is 4.37. The van der Waals surface area contributed by atoms with Gasteiger partial charge in [-0.25, -0.2) is 0 Å². The predicted molar refractivity (Wildman–Crippen MR) is 37.8 cm³/mol. The number of aliphatic hydroxyl groups excluding tert-OH is 1. The van der Waals surface area contributed by atoms with Gasteiger partial charge in [-0.3, -0.25) is 0 Å². The van der Waals surface area contributed by atoms with Crippen LogP contribution in [0, 0.1) is 0 Å². The van der Waals surface area contributed by atoms with Crippen molar-refractivity contribution in [2.45, 2.75) is 12.6 Å². The van der Waals surface area contributed by atoms with Crippen molar-refractivity contribution in [1.29, 1.82) is 0 Å². The van der Waals surface area contributed by atoms with Crippen molar-refractivity contribution in [3.8, 4) is 0 Å². The molecule has 0 aromatic rings. The molecule has 0 saturated heterocycles. The van der Waals surface area contributed by atoms with Gasteiger partial charge in [0.15, 0.2) is 0 Å². The van der Waals surface area contributed by atoms with Gasteiger partial charge in [0, 0.05) is 5.70 Å². The third kappa shape index (κ3) is 4.48. The minimum atomic E-state index is -4.38. The standard InChI is InChI=1S/C6H9F3N2O/c7-6(8,9)3-5(11)4(10)1-2-12/h1-2,12H,3,10-11H2/b2-1-,5-4-. The maximum absolute atomic E-state index is 11.7. The summed E-state index contributed by atoms with van der Waals surface area (Å²) in [6.07, 6.45) is -4.24. The molecule has 0 radical (unpaired) electrons. The van der Waals surface area contributed by atoms with Crippen LogP contribution in [0.15, 0.2) is 23.7 Å². The van der Waals surface area contributed by atoms with E-state index in [4.69, 9.17) is 16.6 Å². The summed E-state index contributed by atoms with van der Waals surface area (Å²) >= 11 is 0. The minimum absolute atomic E-state index is 0.283. The van der Waals surface area contributed by atoms with Gasteiger partial charge in [-0.1, -0.05) is 0 Å². The van der Waals surface area contributed by atoms with Crippen molar-refractivity contribution in [1.82, 2.24) is 0 Å². The van der Waals surface area contributed by atoms with Gasteiger partial charge in [-0.2, -0.15) is 13.2 Å². The highest BCUT2D eigenvalue weighted by atomic mass is 19.4. The van der Waals surface area contributed by atoms with Crippen molar-refractivity contribution < 1.29 is 18.3 Å². The Bertz CT molecular complexity index is 207. The lowest BCUT2D eigenvalue weighted by Crippen LogP contribution is -2.17. The first-order valence-corrected chi connectivity index (χ1v) is 2.98. The summed E-state index contributed by atoms with van der Waals surface area (Å²) in [6.45, 7) is 0. The van der Waals surface area contributed by atoms with Crippen LogP contribution in [0.1, 0.15) is 6.42 Å². The third-order valence-electron chi connectivity index (χ3n) is 1.02. The molecule has 0 spiro atoms. The molecule has 0 aromatic heterocycles. The molecule has 0 amide bonds. The second kappa shape index (κ2) is 3.89. The van der Waals surface area contributed by atoms with Crippen molar-refractivity contribution in [3.05, 3.63) is 23.7 Å².